The van der Waals surface area contributed by atoms with Crippen LogP contribution >= 0.6 is 11.8 Å². The summed E-state index contributed by atoms with van der Waals surface area (Å²) in [4.78, 5) is 41.0. The third kappa shape index (κ3) is 5.64. The lowest BCUT2D eigenvalue weighted by atomic mass is 9.93. The molecule has 216 valence electrons. The summed E-state index contributed by atoms with van der Waals surface area (Å²) in [7, 11) is 1.47. The minimum Gasteiger partial charge on any atom is -0.493 e. The highest BCUT2D eigenvalue weighted by molar-refractivity contribution is 8.05. The molecule has 1 amide bonds. The first-order valence-corrected chi connectivity index (χ1v) is 13.9. The second-order valence-corrected chi connectivity index (χ2v) is 10.2. The zero-order valence-corrected chi connectivity index (χ0v) is 23.9. The molecule has 2 unspecified atom stereocenters. The number of fused-ring (bicyclic) bond motifs is 2. The molecule has 5 rings (SSSR count). The molecule has 3 aliphatic heterocycles. The molecule has 1 fully saturated rings. The Balaban J connectivity index is 1.51. The van der Waals surface area contributed by atoms with Crippen LogP contribution in [0.4, 0.5) is 0 Å². The van der Waals surface area contributed by atoms with E-state index in [9.17, 15) is 14.4 Å². The summed E-state index contributed by atoms with van der Waals surface area (Å²) in [6.07, 6.45) is 1.79. The van der Waals surface area contributed by atoms with Crippen LogP contribution in [0.25, 0.3) is 6.08 Å². The van der Waals surface area contributed by atoms with Gasteiger partial charge in [0.05, 0.1) is 36.8 Å². The van der Waals surface area contributed by atoms with E-state index in [-0.39, 0.29) is 32.5 Å². The fourth-order valence-corrected chi connectivity index (χ4v) is 6.00. The molecule has 11 nitrogen and oxygen atoms in total. The number of rotatable bonds is 9. The Bertz CT molecular complexity index is 1440. The maximum absolute atomic E-state index is 13.9. The van der Waals surface area contributed by atoms with E-state index >= 15 is 0 Å². The van der Waals surface area contributed by atoms with Crippen molar-refractivity contribution in [3.63, 3.8) is 0 Å². The van der Waals surface area contributed by atoms with Crippen molar-refractivity contribution in [2.24, 2.45) is 0 Å². The average molecular weight is 583 g/mol. The lowest BCUT2D eigenvalue weighted by molar-refractivity contribution is -0.145. The van der Waals surface area contributed by atoms with Crippen molar-refractivity contribution in [2.75, 3.05) is 33.7 Å². The number of nitrogens with zero attached hydrogens (tertiary/aromatic N) is 1. The summed E-state index contributed by atoms with van der Waals surface area (Å²) in [6, 6.07) is 9.76. The van der Waals surface area contributed by atoms with Crippen molar-refractivity contribution >= 4 is 35.7 Å². The summed E-state index contributed by atoms with van der Waals surface area (Å²) in [5.41, 5.74) is 1.82. The lowest BCUT2D eigenvalue weighted by Crippen LogP contribution is -2.50. The van der Waals surface area contributed by atoms with Gasteiger partial charge >= 0.3 is 11.9 Å². The molecule has 0 bridgehead atoms. The first-order valence-electron chi connectivity index (χ1n) is 13.1. The van der Waals surface area contributed by atoms with E-state index < -0.39 is 23.5 Å². The van der Waals surface area contributed by atoms with Crippen molar-refractivity contribution in [3.05, 3.63) is 63.7 Å². The van der Waals surface area contributed by atoms with Crippen LogP contribution in [0.5, 0.6) is 23.0 Å². The maximum atomic E-state index is 13.9. The number of thioether (sulfide) groups is 1. The molecule has 3 heterocycles. The van der Waals surface area contributed by atoms with Crippen LogP contribution in [0.3, 0.4) is 0 Å². The summed E-state index contributed by atoms with van der Waals surface area (Å²) >= 11 is 1.35. The number of hydrogen-bond acceptors (Lipinski definition) is 11. The van der Waals surface area contributed by atoms with Gasteiger partial charge in [-0.3, -0.25) is 9.69 Å². The lowest BCUT2D eigenvalue weighted by Gasteiger charge is -2.39. The minimum absolute atomic E-state index is 0.155. The van der Waals surface area contributed by atoms with Gasteiger partial charge in [-0.1, -0.05) is 23.9 Å². The number of benzene rings is 2. The molecule has 2 atom stereocenters. The van der Waals surface area contributed by atoms with E-state index in [0.717, 1.165) is 5.56 Å². The highest BCUT2D eigenvalue weighted by atomic mass is 32.2. The standard InChI is InChI=1S/C29H30N2O9S/c1-5-36-24(32)14-38-19-10-8-18(13-21(19)35-4)26-25(28(34)37-6-2)16(3)30-29-31(26)27(33)23(41-29)12-17-7-9-20-22(11-17)40-15-39-20/h7-13,26,29-30H,5-6,14-15H2,1-4H3/b23-12-. The van der Waals surface area contributed by atoms with Crippen molar-refractivity contribution in [1.82, 2.24) is 10.2 Å². The van der Waals surface area contributed by atoms with E-state index in [1.54, 1.807) is 56.0 Å². The van der Waals surface area contributed by atoms with Crippen LogP contribution in [-0.2, 0) is 23.9 Å². The summed E-state index contributed by atoms with van der Waals surface area (Å²) < 4.78 is 32.4. The Morgan fingerprint density at radius 1 is 1.07 bits per heavy atom. The van der Waals surface area contributed by atoms with Crippen molar-refractivity contribution in [1.29, 1.82) is 0 Å². The van der Waals surface area contributed by atoms with Gasteiger partial charge in [0, 0.05) is 5.70 Å². The number of carbonyl (C=O) groups excluding carboxylic acids is 3. The molecule has 0 saturated carbocycles. The van der Waals surface area contributed by atoms with E-state index in [1.165, 1.54) is 18.9 Å². The number of nitrogens with one attached hydrogen (secondary N) is 1. The number of hydrogen-bond donors (Lipinski definition) is 1. The van der Waals surface area contributed by atoms with Gasteiger partial charge in [-0.05, 0) is 62.2 Å². The van der Waals surface area contributed by atoms with Crippen LogP contribution in [0, 0.1) is 0 Å². The van der Waals surface area contributed by atoms with Crippen LogP contribution in [0.1, 0.15) is 37.9 Å². The number of allylic oxidation sites excluding steroid dienone is 1. The molecule has 1 saturated heterocycles. The molecule has 0 aliphatic carbocycles. The molecule has 1 N–H and O–H groups in total. The van der Waals surface area contributed by atoms with Crippen molar-refractivity contribution in [2.45, 2.75) is 32.3 Å². The predicted octanol–water partition coefficient (Wildman–Crippen LogP) is 3.75. The Hall–Kier alpha value is -4.32. The van der Waals surface area contributed by atoms with E-state index in [0.29, 0.717) is 44.7 Å². The molecule has 0 aromatic heterocycles. The Labute approximate surface area is 241 Å². The zero-order valence-electron chi connectivity index (χ0n) is 23.1. The van der Waals surface area contributed by atoms with Crippen LogP contribution in [-0.4, -0.2) is 62.0 Å². The molecule has 2 aromatic carbocycles. The first kappa shape index (κ1) is 28.2. The third-order valence-electron chi connectivity index (χ3n) is 6.58. The van der Waals surface area contributed by atoms with Crippen LogP contribution < -0.4 is 24.3 Å². The monoisotopic (exact) mass is 582 g/mol. The van der Waals surface area contributed by atoms with Crippen LogP contribution in [0.15, 0.2) is 52.6 Å². The fourth-order valence-electron chi connectivity index (χ4n) is 4.78. The Morgan fingerprint density at radius 2 is 1.85 bits per heavy atom. The second-order valence-electron chi connectivity index (χ2n) is 9.11. The van der Waals surface area contributed by atoms with Crippen molar-refractivity contribution in [3.8, 4) is 23.0 Å². The van der Waals surface area contributed by atoms with Gasteiger partial charge in [0.15, 0.2) is 35.1 Å². The molecule has 2 aromatic rings. The summed E-state index contributed by atoms with van der Waals surface area (Å²) in [5, 5.41) is 3.29. The molecular formula is C29H30N2O9S. The second kappa shape index (κ2) is 12.0. The molecule has 0 spiro atoms. The average Bonchev–Trinajstić information content (AvgIpc) is 3.55. The van der Waals surface area contributed by atoms with Gasteiger partial charge in [0.1, 0.15) is 0 Å². The van der Waals surface area contributed by atoms with Crippen molar-refractivity contribution < 1.29 is 42.8 Å². The normalized spacial score (nSPS) is 20.0. The topological polar surface area (TPSA) is 122 Å². The molecule has 0 radical (unpaired) electrons. The highest BCUT2D eigenvalue weighted by Gasteiger charge is 2.48. The van der Waals surface area contributed by atoms with Crippen LogP contribution in [0.2, 0.25) is 0 Å². The predicted molar refractivity (Wildman–Crippen MR) is 149 cm³/mol. The minimum atomic E-state index is -0.782. The SMILES string of the molecule is CCOC(=O)COc1ccc(C2C(C(=O)OCC)=C(C)NC3S/C(=C\c4ccc5c(c4)OCO5)C(=O)N32)cc1OC. The number of amides is 1. The molecule has 3 aliphatic rings. The molecular weight excluding hydrogens is 552 g/mol. The van der Waals surface area contributed by atoms with Gasteiger partial charge in [-0.15, -0.1) is 0 Å². The van der Waals surface area contributed by atoms with Gasteiger partial charge in [-0.2, -0.15) is 0 Å². The van der Waals surface area contributed by atoms with E-state index in [1.807, 2.05) is 12.1 Å². The smallest absolute Gasteiger partial charge is 0.344 e. The number of carbonyl (C=O) groups is 3. The quantitative estimate of drug-likeness (QED) is 0.344. The number of methoxy groups -OCH3 is 1. The van der Waals surface area contributed by atoms with Gasteiger partial charge < -0.3 is 33.7 Å². The Kier molecular flexibility index (Phi) is 8.29. The number of ether oxygens (including phenoxy) is 6. The first-order chi connectivity index (χ1) is 19.8. The zero-order chi connectivity index (χ0) is 29.1. The third-order valence-corrected chi connectivity index (χ3v) is 7.69. The van der Waals surface area contributed by atoms with Gasteiger partial charge in [0.25, 0.3) is 5.91 Å². The Morgan fingerprint density at radius 3 is 2.61 bits per heavy atom. The number of esters is 2. The van der Waals surface area contributed by atoms with E-state index in [4.69, 9.17) is 28.4 Å². The summed E-state index contributed by atoms with van der Waals surface area (Å²) in [6.45, 7) is 5.50. The largest absolute Gasteiger partial charge is 0.493 e. The van der Waals surface area contributed by atoms with E-state index in [2.05, 4.69) is 5.32 Å². The molecule has 12 heteroatoms. The highest BCUT2D eigenvalue weighted by Crippen LogP contribution is 2.48. The fraction of sp³-hybridized carbons (Fsp3) is 0.345. The summed E-state index contributed by atoms with van der Waals surface area (Å²) in [5.74, 6) is 0.614. The van der Waals surface area contributed by atoms with Gasteiger partial charge in [-0.25, -0.2) is 9.59 Å². The molecule has 41 heavy (non-hydrogen) atoms. The maximum Gasteiger partial charge on any atom is 0.344 e. The van der Waals surface area contributed by atoms with Gasteiger partial charge in [0.2, 0.25) is 6.79 Å².